The number of hydrogen-bond acceptors (Lipinski definition) is 5. The van der Waals surface area contributed by atoms with E-state index in [2.05, 4.69) is 10.3 Å². The molecule has 1 aromatic heterocycles. The van der Waals surface area contributed by atoms with Crippen molar-refractivity contribution in [1.29, 1.82) is 0 Å². The molecule has 0 amide bonds. The number of nitrogens with one attached hydrogen (secondary N) is 1. The molecule has 3 aromatic rings. The summed E-state index contributed by atoms with van der Waals surface area (Å²) in [5.74, 6) is 0.288. The van der Waals surface area contributed by atoms with Crippen LogP contribution < -0.4 is 10.1 Å². The number of anilines is 2. The Hall–Kier alpha value is -3.08. The van der Waals surface area contributed by atoms with Crippen LogP contribution in [0.4, 0.5) is 11.4 Å². The van der Waals surface area contributed by atoms with Gasteiger partial charge in [-0.15, -0.1) is 0 Å². The van der Waals surface area contributed by atoms with Crippen LogP contribution in [0.25, 0.3) is 10.9 Å². The average molecular weight is 322 g/mol. The van der Waals surface area contributed by atoms with Crippen LogP contribution in [0.5, 0.6) is 5.75 Å². The van der Waals surface area contributed by atoms with Gasteiger partial charge in [-0.05, 0) is 43.3 Å². The number of rotatable bonds is 5. The fourth-order valence-electron chi connectivity index (χ4n) is 2.45. The van der Waals surface area contributed by atoms with Crippen molar-refractivity contribution in [2.24, 2.45) is 0 Å². The number of methoxy groups -OCH3 is 1. The predicted molar refractivity (Wildman–Crippen MR) is 94.0 cm³/mol. The fourth-order valence-corrected chi connectivity index (χ4v) is 2.45. The van der Waals surface area contributed by atoms with Crippen LogP contribution in [0.3, 0.4) is 0 Å². The van der Waals surface area contributed by atoms with Gasteiger partial charge in [0.25, 0.3) is 0 Å². The number of ether oxygens (including phenoxy) is 2. The molecule has 0 radical (unpaired) electrons. The quantitative estimate of drug-likeness (QED) is 0.715. The lowest BCUT2D eigenvalue weighted by molar-refractivity contribution is 0.0594. The zero-order valence-electron chi connectivity index (χ0n) is 13.6. The highest BCUT2D eigenvalue weighted by atomic mass is 16.5. The highest BCUT2D eigenvalue weighted by Crippen LogP contribution is 2.30. The minimum absolute atomic E-state index is 0.257. The van der Waals surface area contributed by atoms with E-state index >= 15 is 0 Å². The third-order valence-electron chi connectivity index (χ3n) is 3.54. The molecule has 24 heavy (non-hydrogen) atoms. The molecule has 0 fully saturated rings. The fraction of sp³-hybridized carbons (Fsp3) is 0.158. The summed E-state index contributed by atoms with van der Waals surface area (Å²) in [7, 11) is 1.34. The van der Waals surface area contributed by atoms with Gasteiger partial charge in [-0.25, -0.2) is 9.78 Å². The standard InChI is InChI=1S/C19H18N2O3/c1-3-24-14-9-10-16-15(11-14)17(12-18(21-16)19(22)23-2)20-13-7-5-4-6-8-13/h4-12H,3H2,1-2H3,(H,20,21). The molecular formula is C19H18N2O3. The largest absolute Gasteiger partial charge is 0.494 e. The maximum atomic E-state index is 11.9. The van der Waals surface area contributed by atoms with E-state index in [1.165, 1.54) is 7.11 Å². The van der Waals surface area contributed by atoms with Crippen molar-refractivity contribution in [2.75, 3.05) is 19.0 Å². The van der Waals surface area contributed by atoms with Crippen molar-refractivity contribution >= 4 is 28.2 Å². The summed E-state index contributed by atoms with van der Waals surface area (Å²) < 4.78 is 10.4. The molecule has 5 nitrogen and oxygen atoms in total. The van der Waals surface area contributed by atoms with Crippen molar-refractivity contribution < 1.29 is 14.3 Å². The van der Waals surface area contributed by atoms with Crippen LogP contribution in [-0.4, -0.2) is 24.7 Å². The summed E-state index contributed by atoms with van der Waals surface area (Å²) in [6, 6.07) is 17.0. The number of carbonyl (C=O) groups is 1. The van der Waals surface area contributed by atoms with Gasteiger partial charge in [-0.2, -0.15) is 0 Å². The molecule has 0 unspecified atom stereocenters. The Balaban J connectivity index is 2.13. The summed E-state index contributed by atoms with van der Waals surface area (Å²) in [5, 5.41) is 4.20. The van der Waals surface area contributed by atoms with E-state index in [0.717, 1.165) is 22.5 Å². The molecule has 0 aliphatic rings. The zero-order valence-corrected chi connectivity index (χ0v) is 13.6. The molecule has 1 heterocycles. The molecule has 1 N–H and O–H groups in total. The Kier molecular flexibility index (Phi) is 4.61. The summed E-state index contributed by atoms with van der Waals surface area (Å²) in [6.07, 6.45) is 0. The Morgan fingerprint density at radius 2 is 1.92 bits per heavy atom. The maximum absolute atomic E-state index is 11.9. The van der Waals surface area contributed by atoms with Crippen molar-refractivity contribution in [3.63, 3.8) is 0 Å². The smallest absolute Gasteiger partial charge is 0.356 e. The molecule has 3 rings (SSSR count). The van der Waals surface area contributed by atoms with Crippen LogP contribution in [0.2, 0.25) is 0 Å². The molecule has 0 bridgehead atoms. The molecule has 0 spiro atoms. The maximum Gasteiger partial charge on any atom is 0.356 e. The number of esters is 1. The number of nitrogens with zero attached hydrogens (tertiary/aromatic N) is 1. The van der Waals surface area contributed by atoms with Gasteiger partial charge in [0.1, 0.15) is 5.75 Å². The Morgan fingerprint density at radius 1 is 1.12 bits per heavy atom. The van der Waals surface area contributed by atoms with E-state index in [-0.39, 0.29) is 5.69 Å². The van der Waals surface area contributed by atoms with Crippen LogP contribution in [0.15, 0.2) is 54.6 Å². The second kappa shape index (κ2) is 7.00. The molecular weight excluding hydrogens is 304 g/mol. The number of para-hydroxylation sites is 1. The molecule has 5 heteroatoms. The Morgan fingerprint density at radius 3 is 2.62 bits per heavy atom. The van der Waals surface area contributed by atoms with Gasteiger partial charge in [-0.1, -0.05) is 18.2 Å². The lowest BCUT2D eigenvalue weighted by atomic mass is 10.1. The minimum Gasteiger partial charge on any atom is -0.494 e. The van der Waals surface area contributed by atoms with Crippen LogP contribution >= 0.6 is 0 Å². The van der Waals surface area contributed by atoms with Gasteiger partial charge in [0, 0.05) is 11.1 Å². The monoisotopic (exact) mass is 322 g/mol. The third kappa shape index (κ3) is 3.30. The van der Waals surface area contributed by atoms with Gasteiger partial charge in [0.05, 0.1) is 24.9 Å². The van der Waals surface area contributed by atoms with Crippen molar-refractivity contribution in [3.05, 3.63) is 60.3 Å². The summed E-state index contributed by atoms with van der Waals surface area (Å²) >= 11 is 0. The Bertz CT molecular complexity index is 863. The molecule has 2 aromatic carbocycles. The van der Waals surface area contributed by atoms with Gasteiger partial charge in [0.2, 0.25) is 0 Å². The molecule has 0 saturated heterocycles. The topological polar surface area (TPSA) is 60.5 Å². The second-order valence-electron chi connectivity index (χ2n) is 5.15. The summed E-state index contributed by atoms with van der Waals surface area (Å²) in [5.41, 5.74) is 2.64. The second-order valence-corrected chi connectivity index (χ2v) is 5.15. The van der Waals surface area contributed by atoms with Gasteiger partial charge in [0.15, 0.2) is 5.69 Å². The summed E-state index contributed by atoms with van der Waals surface area (Å²) in [6.45, 7) is 2.52. The van der Waals surface area contributed by atoms with E-state index in [1.54, 1.807) is 6.07 Å². The average Bonchev–Trinajstić information content (AvgIpc) is 2.62. The number of carbonyl (C=O) groups excluding carboxylic acids is 1. The van der Waals surface area contributed by atoms with Crippen molar-refractivity contribution in [1.82, 2.24) is 4.98 Å². The first-order valence-electron chi connectivity index (χ1n) is 7.69. The van der Waals surface area contributed by atoms with Crippen molar-refractivity contribution in [3.8, 4) is 5.75 Å². The molecule has 0 saturated carbocycles. The number of fused-ring (bicyclic) bond motifs is 1. The minimum atomic E-state index is -0.470. The van der Waals surface area contributed by atoms with Gasteiger partial charge >= 0.3 is 5.97 Å². The predicted octanol–water partition coefficient (Wildman–Crippen LogP) is 4.16. The van der Waals surface area contributed by atoms with Gasteiger partial charge < -0.3 is 14.8 Å². The van der Waals surface area contributed by atoms with E-state index in [4.69, 9.17) is 9.47 Å². The molecule has 0 aliphatic carbocycles. The van der Waals surface area contributed by atoms with Crippen LogP contribution in [0, 0.1) is 0 Å². The van der Waals surface area contributed by atoms with E-state index < -0.39 is 5.97 Å². The molecule has 0 atom stereocenters. The number of hydrogen-bond donors (Lipinski definition) is 1. The first kappa shape index (κ1) is 15.8. The number of aromatic nitrogens is 1. The highest BCUT2D eigenvalue weighted by molar-refractivity contribution is 5.99. The third-order valence-corrected chi connectivity index (χ3v) is 3.54. The van der Waals surface area contributed by atoms with Crippen molar-refractivity contribution in [2.45, 2.75) is 6.92 Å². The SMILES string of the molecule is CCOc1ccc2nc(C(=O)OC)cc(Nc3ccccc3)c2c1. The van der Waals surface area contributed by atoms with E-state index in [9.17, 15) is 4.79 Å². The summed E-state index contributed by atoms with van der Waals surface area (Å²) in [4.78, 5) is 16.3. The lowest BCUT2D eigenvalue weighted by Crippen LogP contribution is -2.06. The van der Waals surface area contributed by atoms with Crippen LogP contribution in [-0.2, 0) is 4.74 Å². The molecule has 0 aliphatic heterocycles. The zero-order chi connectivity index (χ0) is 16.9. The highest BCUT2D eigenvalue weighted by Gasteiger charge is 2.13. The normalized spacial score (nSPS) is 10.4. The number of benzene rings is 2. The van der Waals surface area contributed by atoms with Crippen LogP contribution in [0.1, 0.15) is 17.4 Å². The van der Waals surface area contributed by atoms with Gasteiger partial charge in [-0.3, -0.25) is 0 Å². The first-order chi connectivity index (χ1) is 11.7. The van der Waals surface area contributed by atoms with E-state index in [1.807, 2.05) is 55.5 Å². The van der Waals surface area contributed by atoms with E-state index in [0.29, 0.717) is 12.1 Å². The molecule has 122 valence electrons. The lowest BCUT2D eigenvalue weighted by Gasteiger charge is -2.13. The number of pyridine rings is 1. The first-order valence-corrected chi connectivity index (χ1v) is 7.69. The Labute approximate surface area is 140 Å².